The summed E-state index contributed by atoms with van der Waals surface area (Å²) in [6.45, 7) is 4.74. The Hall–Kier alpha value is -5.66. The van der Waals surface area contributed by atoms with E-state index < -0.39 is 0 Å². The predicted molar refractivity (Wildman–Crippen MR) is 197 cm³/mol. The van der Waals surface area contributed by atoms with Crippen LogP contribution in [0.2, 0.25) is 0 Å². The fourth-order valence-electron chi connectivity index (χ4n) is 7.58. The summed E-state index contributed by atoms with van der Waals surface area (Å²) in [4.78, 5) is 2.34. The van der Waals surface area contributed by atoms with Gasteiger partial charge in [0, 0.05) is 22.5 Å². The molecule has 0 saturated carbocycles. The van der Waals surface area contributed by atoms with Crippen LogP contribution in [-0.4, -0.2) is 0 Å². The van der Waals surface area contributed by atoms with E-state index in [1.807, 2.05) is 0 Å². The first-order chi connectivity index (χ1) is 22.5. The third kappa shape index (κ3) is 4.16. The van der Waals surface area contributed by atoms with Gasteiger partial charge in [0.15, 0.2) is 0 Å². The molecule has 0 radical (unpaired) electrons. The molecule has 0 bridgehead atoms. The van der Waals surface area contributed by atoms with Gasteiger partial charge in [-0.1, -0.05) is 123 Å². The molecule has 1 nitrogen and oxygen atoms in total. The molecule has 8 aromatic carbocycles. The highest BCUT2D eigenvalue weighted by molar-refractivity contribution is 6.15. The summed E-state index contributed by atoms with van der Waals surface area (Å²) in [5.41, 5.74) is 11.2. The number of anilines is 3. The first-order valence-electron chi connectivity index (χ1n) is 16.1. The lowest BCUT2D eigenvalue weighted by Gasteiger charge is -2.26. The standard InChI is InChI=1S/C45H33N/c1-45(2)41-15-9-12-32-16-19-36-27-37(29-42(45)44(36)43(32)41)34-17-18-35-28-40(25-22-33(35)26-34)46(38-13-7-4-8-14-38)39-23-20-31(21-24-39)30-10-5-3-6-11-30/h3-29H,1-2H3. The number of benzene rings is 8. The third-order valence-electron chi connectivity index (χ3n) is 9.97. The average molecular weight is 588 g/mol. The van der Waals surface area contributed by atoms with Crippen molar-refractivity contribution in [3.05, 3.63) is 175 Å². The van der Waals surface area contributed by atoms with Crippen molar-refractivity contribution in [2.45, 2.75) is 19.3 Å². The van der Waals surface area contributed by atoms with E-state index in [4.69, 9.17) is 0 Å². The van der Waals surface area contributed by atoms with Gasteiger partial charge in [0.2, 0.25) is 0 Å². The van der Waals surface area contributed by atoms with E-state index >= 15 is 0 Å². The first kappa shape index (κ1) is 26.7. The van der Waals surface area contributed by atoms with Gasteiger partial charge in [-0.25, -0.2) is 0 Å². The second-order valence-corrected chi connectivity index (χ2v) is 13.0. The monoisotopic (exact) mass is 587 g/mol. The summed E-state index contributed by atoms with van der Waals surface area (Å²) in [5, 5.41) is 7.97. The van der Waals surface area contributed by atoms with Crippen LogP contribution < -0.4 is 4.90 Å². The summed E-state index contributed by atoms with van der Waals surface area (Å²) < 4.78 is 0. The van der Waals surface area contributed by atoms with E-state index in [1.54, 1.807) is 0 Å². The minimum absolute atomic E-state index is 0.0244. The lowest BCUT2D eigenvalue weighted by molar-refractivity contribution is 0.663. The average Bonchev–Trinajstić information content (AvgIpc) is 3.35. The molecule has 0 heterocycles. The Balaban J connectivity index is 1.12. The molecule has 0 aliphatic heterocycles. The highest BCUT2D eigenvalue weighted by Crippen LogP contribution is 2.50. The van der Waals surface area contributed by atoms with Crippen molar-refractivity contribution in [1.29, 1.82) is 0 Å². The molecular formula is C45H33N. The maximum atomic E-state index is 2.44. The zero-order valence-electron chi connectivity index (χ0n) is 26.0. The Bertz CT molecular complexity index is 2420. The second-order valence-electron chi connectivity index (χ2n) is 13.0. The molecule has 0 atom stereocenters. The lowest BCUT2D eigenvalue weighted by Crippen LogP contribution is -2.15. The molecule has 0 unspecified atom stereocenters. The van der Waals surface area contributed by atoms with Crippen LogP contribution in [0.15, 0.2) is 164 Å². The predicted octanol–water partition coefficient (Wildman–Crippen LogP) is 12.6. The quantitative estimate of drug-likeness (QED) is 0.181. The van der Waals surface area contributed by atoms with Crippen molar-refractivity contribution in [2.75, 3.05) is 4.90 Å². The normalized spacial score (nSPS) is 13.2. The molecule has 0 spiro atoms. The molecule has 8 aromatic rings. The molecular weight excluding hydrogens is 555 g/mol. The number of rotatable bonds is 5. The van der Waals surface area contributed by atoms with Crippen LogP contribution in [0.5, 0.6) is 0 Å². The topological polar surface area (TPSA) is 3.24 Å². The van der Waals surface area contributed by atoms with Crippen LogP contribution >= 0.6 is 0 Å². The SMILES string of the molecule is CC1(C)c2cccc3ccc4cc(-c5ccc6cc(N(c7ccccc7)c7ccc(-c8ccccc8)cc7)ccc6c5)cc1c4c23. The fourth-order valence-corrected chi connectivity index (χ4v) is 7.58. The Labute approximate surface area is 270 Å². The largest absolute Gasteiger partial charge is 0.310 e. The van der Waals surface area contributed by atoms with Crippen molar-refractivity contribution < 1.29 is 0 Å². The minimum atomic E-state index is -0.0244. The fraction of sp³-hybridized carbons (Fsp3) is 0.0667. The Morgan fingerprint density at radius 1 is 0.348 bits per heavy atom. The van der Waals surface area contributed by atoms with Crippen molar-refractivity contribution in [3.63, 3.8) is 0 Å². The van der Waals surface area contributed by atoms with Gasteiger partial charge >= 0.3 is 0 Å². The van der Waals surface area contributed by atoms with Crippen LogP contribution in [0.25, 0.3) is 54.6 Å². The molecule has 0 saturated heterocycles. The summed E-state index contributed by atoms with van der Waals surface area (Å²) in [6.07, 6.45) is 0. The zero-order valence-corrected chi connectivity index (χ0v) is 26.0. The molecule has 0 fully saturated rings. The van der Waals surface area contributed by atoms with Gasteiger partial charge in [-0.05, 0) is 120 Å². The van der Waals surface area contributed by atoms with Crippen LogP contribution in [0.3, 0.4) is 0 Å². The first-order valence-corrected chi connectivity index (χ1v) is 16.1. The van der Waals surface area contributed by atoms with E-state index in [0.29, 0.717) is 0 Å². The Morgan fingerprint density at radius 3 is 1.72 bits per heavy atom. The maximum absolute atomic E-state index is 2.44. The van der Waals surface area contributed by atoms with E-state index in [9.17, 15) is 0 Å². The zero-order chi connectivity index (χ0) is 30.8. The summed E-state index contributed by atoms with van der Waals surface area (Å²) >= 11 is 0. The number of nitrogens with zero attached hydrogens (tertiary/aromatic N) is 1. The van der Waals surface area contributed by atoms with Gasteiger partial charge in [-0.15, -0.1) is 0 Å². The Morgan fingerprint density at radius 2 is 0.913 bits per heavy atom. The minimum Gasteiger partial charge on any atom is -0.310 e. The molecule has 1 aliphatic rings. The third-order valence-corrected chi connectivity index (χ3v) is 9.97. The van der Waals surface area contributed by atoms with Gasteiger partial charge in [-0.3, -0.25) is 0 Å². The Kier molecular flexibility index (Phi) is 5.92. The molecule has 9 rings (SSSR count). The van der Waals surface area contributed by atoms with Gasteiger partial charge in [0.1, 0.15) is 0 Å². The molecule has 218 valence electrons. The second kappa shape index (κ2) is 10.2. The summed E-state index contributed by atoms with van der Waals surface area (Å²) in [6, 6.07) is 60.0. The van der Waals surface area contributed by atoms with Crippen molar-refractivity contribution in [3.8, 4) is 22.3 Å². The molecule has 46 heavy (non-hydrogen) atoms. The number of fused-ring (bicyclic) bond motifs is 1. The molecule has 1 aliphatic carbocycles. The smallest absolute Gasteiger partial charge is 0.0468 e. The number of hydrogen-bond acceptors (Lipinski definition) is 1. The van der Waals surface area contributed by atoms with Gasteiger partial charge in [0.25, 0.3) is 0 Å². The van der Waals surface area contributed by atoms with E-state index in [-0.39, 0.29) is 5.41 Å². The van der Waals surface area contributed by atoms with Crippen molar-refractivity contribution >= 4 is 49.4 Å². The highest BCUT2D eigenvalue weighted by Gasteiger charge is 2.34. The van der Waals surface area contributed by atoms with E-state index in [1.165, 1.54) is 65.7 Å². The van der Waals surface area contributed by atoms with Gasteiger partial charge in [0.05, 0.1) is 0 Å². The molecule has 0 amide bonds. The van der Waals surface area contributed by atoms with Crippen LogP contribution in [0.4, 0.5) is 17.1 Å². The summed E-state index contributed by atoms with van der Waals surface area (Å²) in [5.74, 6) is 0. The molecule has 0 N–H and O–H groups in total. The highest BCUT2D eigenvalue weighted by atomic mass is 15.1. The van der Waals surface area contributed by atoms with Gasteiger partial charge < -0.3 is 4.90 Å². The van der Waals surface area contributed by atoms with E-state index in [2.05, 4.69) is 183 Å². The van der Waals surface area contributed by atoms with Crippen molar-refractivity contribution in [1.82, 2.24) is 0 Å². The van der Waals surface area contributed by atoms with Crippen molar-refractivity contribution in [2.24, 2.45) is 0 Å². The van der Waals surface area contributed by atoms with E-state index in [0.717, 1.165) is 17.1 Å². The summed E-state index contributed by atoms with van der Waals surface area (Å²) in [7, 11) is 0. The molecule has 1 heteroatoms. The molecule has 0 aromatic heterocycles. The number of para-hydroxylation sites is 1. The maximum Gasteiger partial charge on any atom is 0.0468 e. The van der Waals surface area contributed by atoms with Gasteiger partial charge in [-0.2, -0.15) is 0 Å². The van der Waals surface area contributed by atoms with Crippen LogP contribution in [0.1, 0.15) is 25.0 Å². The van der Waals surface area contributed by atoms with Crippen LogP contribution in [0, 0.1) is 0 Å². The lowest BCUT2D eigenvalue weighted by atomic mass is 9.81. The van der Waals surface area contributed by atoms with Crippen LogP contribution in [-0.2, 0) is 5.41 Å². The number of hydrogen-bond donors (Lipinski definition) is 0.